The van der Waals surface area contributed by atoms with Gasteiger partial charge < -0.3 is 64.4 Å². The summed E-state index contributed by atoms with van der Waals surface area (Å²) in [4.78, 5) is 106. The molecule has 1 rings (SSSR count). The lowest BCUT2D eigenvalue weighted by Gasteiger charge is -2.26. The van der Waals surface area contributed by atoms with Gasteiger partial charge in [0.15, 0.2) is 5.96 Å². The number of nitrogens with zero attached hydrogens (tertiary/aromatic N) is 1. The summed E-state index contributed by atoms with van der Waals surface area (Å²) in [6.45, 7) is 7.71. The summed E-state index contributed by atoms with van der Waals surface area (Å²) in [5.41, 5.74) is 17.1. The van der Waals surface area contributed by atoms with Crippen LogP contribution in [0.5, 0.6) is 0 Å². The van der Waals surface area contributed by atoms with Crippen molar-refractivity contribution in [2.75, 3.05) is 6.54 Å². The lowest BCUT2D eigenvalue weighted by atomic mass is 10.0. The van der Waals surface area contributed by atoms with Crippen molar-refractivity contribution in [3.05, 3.63) is 35.9 Å². The van der Waals surface area contributed by atoms with Gasteiger partial charge in [-0.3, -0.25) is 38.6 Å². The molecule has 0 heterocycles. The van der Waals surface area contributed by atoms with Crippen LogP contribution in [0, 0.1) is 5.92 Å². The topological polar surface area (TPSA) is 360 Å². The standard InChI is InChI=1S/C37H60N10O11/c1-19(2)16-27(35(56)45-26(36(57)58)12-9-15-41-37(39)40)46-31(52)22(5)42-33(54)25(13-14-29(49)50)44-30(51)21(4)43-34(55)28(18-23-10-7-6-8-11-23)47-32(53)24(38)17-20(3)48/h6-8,10-11,19-22,24-28,48H,9,12-18,38H2,1-5H3,(H,42,54)(H,43,55)(H,44,51)(H,45,56)(H,46,52)(H,47,53)(H,49,50)(H,57,58)(H4,39,40,41)/t20-,21+,22+,24+,25+,26+,27+,28+/m1/s1. The summed E-state index contributed by atoms with van der Waals surface area (Å²) in [6.07, 6.45) is -1.60. The molecule has 324 valence electrons. The summed E-state index contributed by atoms with van der Waals surface area (Å²) in [7, 11) is 0. The van der Waals surface area contributed by atoms with Gasteiger partial charge in [-0.2, -0.15) is 0 Å². The number of aliphatic carboxylic acids is 2. The van der Waals surface area contributed by atoms with Crippen molar-refractivity contribution >= 4 is 53.3 Å². The van der Waals surface area contributed by atoms with Crippen molar-refractivity contribution in [2.45, 2.75) is 128 Å². The summed E-state index contributed by atoms with van der Waals surface area (Å²) in [5, 5.41) is 43.3. The van der Waals surface area contributed by atoms with Crippen LogP contribution in [-0.4, -0.2) is 124 Å². The molecule has 0 spiro atoms. The number of hydrogen-bond acceptors (Lipinski definition) is 11. The Morgan fingerprint density at radius 2 is 1.14 bits per heavy atom. The number of nitrogens with two attached hydrogens (primary N) is 3. The highest BCUT2D eigenvalue weighted by Crippen LogP contribution is 2.09. The van der Waals surface area contributed by atoms with Gasteiger partial charge in [0, 0.05) is 19.4 Å². The van der Waals surface area contributed by atoms with Gasteiger partial charge in [-0.15, -0.1) is 0 Å². The zero-order valence-electron chi connectivity index (χ0n) is 33.5. The Hall–Kier alpha value is -5.83. The van der Waals surface area contributed by atoms with E-state index in [1.165, 1.54) is 20.8 Å². The molecule has 21 heteroatoms. The van der Waals surface area contributed by atoms with Crippen LogP contribution in [-0.2, 0) is 44.8 Å². The van der Waals surface area contributed by atoms with E-state index in [0.717, 1.165) is 0 Å². The van der Waals surface area contributed by atoms with Crippen LogP contribution < -0.4 is 49.1 Å². The number of aliphatic hydroxyl groups excluding tert-OH is 1. The Morgan fingerprint density at radius 3 is 1.64 bits per heavy atom. The number of aliphatic imine (C=N–C) groups is 1. The maximum atomic E-state index is 13.4. The van der Waals surface area contributed by atoms with Crippen molar-refractivity contribution in [1.29, 1.82) is 0 Å². The number of aliphatic hydroxyl groups is 1. The molecule has 0 unspecified atom stereocenters. The predicted octanol–water partition coefficient (Wildman–Crippen LogP) is -2.68. The molecule has 0 aliphatic rings. The first-order valence-corrected chi connectivity index (χ1v) is 18.9. The van der Waals surface area contributed by atoms with E-state index in [4.69, 9.17) is 17.2 Å². The molecular weight excluding hydrogens is 760 g/mol. The summed E-state index contributed by atoms with van der Waals surface area (Å²) >= 11 is 0. The van der Waals surface area contributed by atoms with Crippen LogP contribution >= 0.6 is 0 Å². The summed E-state index contributed by atoms with van der Waals surface area (Å²) in [6, 6.07) is -0.334. The highest BCUT2D eigenvalue weighted by Gasteiger charge is 2.32. The smallest absolute Gasteiger partial charge is 0.326 e. The number of carbonyl (C=O) groups is 8. The van der Waals surface area contributed by atoms with Crippen LogP contribution in [0.15, 0.2) is 35.3 Å². The molecule has 15 N–H and O–H groups in total. The van der Waals surface area contributed by atoms with E-state index < -0.39 is 109 Å². The van der Waals surface area contributed by atoms with Crippen molar-refractivity contribution in [3.8, 4) is 0 Å². The molecule has 6 amide bonds. The van der Waals surface area contributed by atoms with Gasteiger partial charge in [0.05, 0.1) is 12.1 Å². The maximum Gasteiger partial charge on any atom is 0.326 e. The molecule has 58 heavy (non-hydrogen) atoms. The lowest BCUT2D eigenvalue weighted by molar-refractivity contribution is -0.142. The zero-order valence-corrected chi connectivity index (χ0v) is 33.5. The van der Waals surface area contributed by atoms with Gasteiger partial charge in [0.1, 0.15) is 36.3 Å². The first kappa shape index (κ1) is 50.2. The van der Waals surface area contributed by atoms with Gasteiger partial charge >= 0.3 is 11.9 Å². The summed E-state index contributed by atoms with van der Waals surface area (Å²) in [5.74, 6) is -7.87. The quantitative estimate of drug-likeness (QED) is 0.0258. The molecule has 0 aliphatic heterocycles. The minimum Gasteiger partial charge on any atom is -0.481 e. The molecular formula is C37H60N10O11. The van der Waals surface area contributed by atoms with Gasteiger partial charge in [-0.05, 0) is 64.4 Å². The molecule has 0 bridgehead atoms. The summed E-state index contributed by atoms with van der Waals surface area (Å²) < 4.78 is 0. The highest BCUT2D eigenvalue weighted by atomic mass is 16.4. The molecule has 0 aliphatic carbocycles. The number of amides is 6. The fraction of sp³-hybridized carbons (Fsp3) is 0.595. The number of guanidine groups is 1. The van der Waals surface area contributed by atoms with E-state index in [1.54, 1.807) is 44.2 Å². The maximum absolute atomic E-state index is 13.4. The highest BCUT2D eigenvalue weighted by molar-refractivity contribution is 5.97. The number of nitrogens with one attached hydrogen (secondary N) is 6. The Kier molecular flexibility index (Phi) is 22.0. The normalized spacial score (nSPS) is 15.1. The molecule has 0 aromatic heterocycles. The minimum absolute atomic E-state index is 0.0111. The molecule has 1 aromatic rings. The third kappa shape index (κ3) is 19.9. The van der Waals surface area contributed by atoms with E-state index in [0.29, 0.717) is 5.56 Å². The number of carbonyl (C=O) groups excluding carboxylic acids is 6. The Bertz CT molecular complexity index is 1590. The predicted molar refractivity (Wildman–Crippen MR) is 211 cm³/mol. The molecule has 8 atom stereocenters. The van der Waals surface area contributed by atoms with Crippen molar-refractivity contribution in [2.24, 2.45) is 28.1 Å². The molecule has 0 saturated carbocycles. The third-order valence-corrected chi connectivity index (χ3v) is 8.53. The van der Waals surface area contributed by atoms with Crippen LogP contribution in [0.3, 0.4) is 0 Å². The van der Waals surface area contributed by atoms with Crippen LogP contribution in [0.2, 0.25) is 0 Å². The van der Waals surface area contributed by atoms with E-state index in [2.05, 4.69) is 36.9 Å². The Labute approximate surface area is 337 Å². The average Bonchev–Trinajstić information content (AvgIpc) is 3.13. The SMILES string of the molecule is CC(C)C[C@H](NC(=O)[C@H](C)NC(=O)[C@H](CCC(=O)O)NC(=O)[C@H](C)NC(=O)[C@H](Cc1ccccc1)NC(=O)[C@@H](N)C[C@@H](C)O)C(=O)N[C@@H](CCCN=C(N)N)C(=O)O. The van der Waals surface area contributed by atoms with E-state index in [9.17, 15) is 53.7 Å². The molecule has 0 fully saturated rings. The van der Waals surface area contributed by atoms with Gasteiger partial charge in [0.25, 0.3) is 0 Å². The number of carboxylic acids is 2. The van der Waals surface area contributed by atoms with Gasteiger partial charge in [-0.25, -0.2) is 4.79 Å². The van der Waals surface area contributed by atoms with Crippen molar-refractivity contribution in [1.82, 2.24) is 31.9 Å². The van der Waals surface area contributed by atoms with Crippen LogP contribution in [0.4, 0.5) is 0 Å². The molecule has 0 radical (unpaired) electrons. The fourth-order valence-corrected chi connectivity index (χ4v) is 5.44. The monoisotopic (exact) mass is 820 g/mol. The van der Waals surface area contributed by atoms with E-state index in [-0.39, 0.29) is 50.5 Å². The second-order valence-corrected chi connectivity index (χ2v) is 14.4. The van der Waals surface area contributed by atoms with Crippen molar-refractivity contribution < 1.29 is 53.7 Å². The second kappa shape index (κ2) is 25.4. The number of hydrogen-bond donors (Lipinski definition) is 12. The Morgan fingerprint density at radius 1 is 0.638 bits per heavy atom. The second-order valence-electron chi connectivity index (χ2n) is 14.4. The number of carboxylic acid groups (broad SMARTS) is 2. The third-order valence-electron chi connectivity index (χ3n) is 8.53. The van der Waals surface area contributed by atoms with Gasteiger partial charge in [0.2, 0.25) is 35.4 Å². The number of rotatable bonds is 26. The number of benzene rings is 1. The van der Waals surface area contributed by atoms with Crippen LogP contribution in [0.1, 0.15) is 78.7 Å². The van der Waals surface area contributed by atoms with E-state index >= 15 is 0 Å². The Balaban J connectivity index is 3.07. The average molecular weight is 821 g/mol. The molecule has 21 nitrogen and oxygen atoms in total. The molecule has 0 saturated heterocycles. The van der Waals surface area contributed by atoms with Crippen molar-refractivity contribution in [3.63, 3.8) is 0 Å². The van der Waals surface area contributed by atoms with Gasteiger partial charge in [-0.1, -0.05) is 44.2 Å². The van der Waals surface area contributed by atoms with Crippen LogP contribution in [0.25, 0.3) is 0 Å². The fourth-order valence-electron chi connectivity index (χ4n) is 5.44. The first-order chi connectivity index (χ1) is 27.1. The first-order valence-electron chi connectivity index (χ1n) is 18.9. The molecule has 1 aromatic carbocycles. The largest absolute Gasteiger partial charge is 0.481 e. The minimum atomic E-state index is -1.50. The van der Waals surface area contributed by atoms with E-state index in [1.807, 2.05) is 0 Å². The lowest BCUT2D eigenvalue weighted by Crippen LogP contribution is -2.59. The zero-order chi connectivity index (χ0) is 44.1.